The number of allylic oxidation sites excluding steroid dienone is 2. The molecule has 0 heterocycles. The molecule has 3 saturated carbocycles. The summed E-state index contributed by atoms with van der Waals surface area (Å²) in [5.74, 6) is 6.32. The van der Waals surface area contributed by atoms with Gasteiger partial charge in [-0.1, -0.05) is 87.6 Å². The van der Waals surface area contributed by atoms with Gasteiger partial charge in [-0.15, -0.1) is 0 Å². The third kappa shape index (κ3) is 5.75. The molecule has 4 heteroatoms. The second-order valence-corrected chi connectivity index (χ2v) is 16.7. The Hall–Kier alpha value is -0.0900. The molecule has 0 aromatic rings. The second-order valence-electron chi connectivity index (χ2n) is 13.9. The van der Waals surface area contributed by atoms with E-state index in [0.717, 1.165) is 47.2 Å². The van der Waals surface area contributed by atoms with Gasteiger partial charge in [-0.25, -0.2) is 0 Å². The molecular weight excluding hydrogens is 480 g/mol. The van der Waals surface area contributed by atoms with Crippen LogP contribution in [0.25, 0.3) is 0 Å². The van der Waals surface area contributed by atoms with E-state index in [1.807, 2.05) is 10.8 Å². The quantitative estimate of drug-likeness (QED) is 0.163. The van der Waals surface area contributed by atoms with Crippen molar-refractivity contribution in [3.8, 4) is 0 Å². The average Bonchev–Trinajstić information content (AvgIpc) is 3.19. The Balaban J connectivity index is 1.38. The van der Waals surface area contributed by atoms with Gasteiger partial charge in [-0.3, -0.25) is 4.79 Å². The highest BCUT2D eigenvalue weighted by atomic mass is 33.1. The van der Waals surface area contributed by atoms with Crippen molar-refractivity contribution in [3.05, 3.63) is 11.6 Å². The molecule has 1 N–H and O–H groups in total. The smallest absolute Gasteiger partial charge is 0.304 e. The SMILES string of the molecule is CCC(CCC(C)[C@H]1CC[C@H]2[C@@H]3CC=C4C[C@@H](SSCCC(=O)O)CC[C@]4(C)[C@H]3CC[C@]12C)C(C)C. The molecule has 0 aromatic carbocycles. The normalized spacial score (nSPS) is 39.6. The first kappa shape index (κ1) is 28.9. The minimum Gasteiger partial charge on any atom is -0.481 e. The van der Waals surface area contributed by atoms with E-state index in [1.54, 1.807) is 16.4 Å². The molecule has 36 heavy (non-hydrogen) atoms. The van der Waals surface area contributed by atoms with Gasteiger partial charge in [0.2, 0.25) is 0 Å². The summed E-state index contributed by atoms with van der Waals surface area (Å²) in [7, 11) is 3.74. The van der Waals surface area contributed by atoms with Gasteiger partial charge in [0.25, 0.3) is 0 Å². The fourth-order valence-electron chi connectivity index (χ4n) is 9.65. The molecular formula is C32H54O2S2. The first-order chi connectivity index (χ1) is 17.1. The third-order valence-corrected chi connectivity index (χ3v) is 14.8. The molecule has 0 amide bonds. The van der Waals surface area contributed by atoms with E-state index in [2.05, 4.69) is 47.6 Å². The van der Waals surface area contributed by atoms with Gasteiger partial charge in [-0.2, -0.15) is 0 Å². The van der Waals surface area contributed by atoms with Crippen molar-refractivity contribution in [2.45, 2.75) is 124 Å². The number of carboxylic acid groups (broad SMARTS) is 1. The Morgan fingerprint density at radius 1 is 1.08 bits per heavy atom. The van der Waals surface area contributed by atoms with Crippen molar-refractivity contribution in [2.24, 2.45) is 52.3 Å². The maximum absolute atomic E-state index is 10.8. The van der Waals surface area contributed by atoms with E-state index < -0.39 is 5.97 Å². The zero-order chi connectivity index (χ0) is 26.1. The highest BCUT2D eigenvalue weighted by molar-refractivity contribution is 8.76. The van der Waals surface area contributed by atoms with E-state index in [0.29, 0.717) is 16.1 Å². The Kier molecular flexibility index (Phi) is 9.61. The lowest BCUT2D eigenvalue weighted by Gasteiger charge is -2.58. The van der Waals surface area contributed by atoms with Gasteiger partial charge in [0, 0.05) is 11.0 Å². The molecule has 0 radical (unpaired) electrons. The van der Waals surface area contributed by atoms with Crippen LogP contribution in [0.4, 0.5) is 0 Å². The molecule has 4 aliphatic rings. The van der Waals surface area contributed by atoms with Crippen molar-refractivity contribution in [3.63, 3.8) is 0 Å². The lowest BCUT2D eigenvalue weighted by Crippen LogP contribution is -2.50. The number of fused-ring (bicyclic) bond motifs is 5. The van der Waals surface area contributed by atoms with Gasteiger partial charge in [0.1, 0.15) is 0 Å². The Labute approximate surface area is 230 Å². The van der Waals surface area contributed by atoms with Crippen LogP contribution in [-0.2, 0) is 4.79 Å². The van der Waals surface area contributed by atoms with E-state index >= 15 is 0 Å². The van der Waals surface area contributed by atoms with Crippen LogP contribution >= 0.6 is 21.6 Å². The van der Waals surface area contributed by atoms with Crippen molar-refractivity contribution in [2.75, 3.05) is 5.75 Å². The molecule has 0 aliphatic heterocycles. The minimum absolute atomic E-state index is 0.283. The zero-order valence-electron chi connectivity index (χ0n) is 24.1. The Morgan fingerprint density at radius 2 is 1.86 bits per heavy atom. The lowest BCUT2D eigenvalue weighted by molar-refractivity contribution is -0.136. The monoisotopic (exact) mass is 534 g/mol. The molecule has 0 spiro atoms. The van der Waals surface area contributed by atoms with Gasteiger partial charge in [0.05, 0.1) is 6.42 Å². The van der Waals surface area contributed by atoms with E-state index in [-0.39, 0.29) is 6.42 Å². The summed E-state index contributed by atoms with van der Waals surface area (Å²) >= 11 is 0. The largest absolute Gasteiger partial charge is 0.481 e. The lowest BCUT2D eigenvalue weighted by atomic mass is 9.47. The number of carbonyl (C=O) groups is 1. The summed E-state index contributed by atoms with van der Waals surface area (Å²) in [6.45, 7) is 15.2. The summed E-state index contributed by atoms with van der Waals surface area (Å²) in [6, 6.07) is 0. The summed E-state index contributed by atoms with van der Waals surface area (Å²) in [5, 5.41) is 9.59. The van der Waals surface area contributed by atoms with Crippen LogP contribution in [0.2, 0.25) is 0 Å². The third-order valence-electron chi connectivity index (χ3n) is 11.9. The summed E-state index contributed by atoms with van der Waals surface area (Å²) in [6.07, 6.45) is 18.3. The minimum atomic E-state index is -0.672. The second kappa shape index (κ2) is 12.0. The zero-order valence-corrected chi connectivity index (χ0v) is 25.7. The molecule has 0 saturated heterocycles. The van der Waals surface area contributed by atoms with Gasteiger partial charge in [-0.05, 0) is 110 Å². The summed E-state index contributed by atoms with van der Waals surface area (Å²) in [4.78, 5) is 10.8. The van der Waals surface area contributed by atoms with E-state index in [9.17, 15) is 4.79 Å². The Bertz CT molecular complexity index is 793. The van der Waals surface area contributed by atoms with Crippen LogP contribution in [0.1, 0.15) is 119 Å². The molecule has 206 valence electrons. The van der Waals surface area contributed by atoms with Crippen LogP contribution < -0.4 is 0 Å². The number of rotatable bonds is 11. The summed E-state index contributed by atoms with van der Waals surface area (Å²) in [5.41, 5.74) is 2.75. The maximum atomic E-state index is 10.8. The first-order valence-electron chi connectivity index (χ1n) is 15.3. The molecule has 3 fully saturated rings. The topological polar surface area (TPSA) is 37.3 Å². The highest BCUT2D eigenvalue weighted by Crippen LogP contribution is 2.67. The first-order valence-corrected chi connectivity index (χ1v) is 17.7. The van der Waals surface area contributed by atoms with Crippen molar-refractivity contribution in [1.29, 1.82) is 0 Å². The molecule has 0 bridgehead atoms. The van der Waals surface area contributed by atoms with Crippen molar-refractivity contribution < 1.29 is 9.90 Å². The molecule has 2 unspecified atom stereocenters. The number of aliphatic carboxylic acids is 1. The standard InChI is InChI=1S/C32H54O2S2/c1-7-23(21(2)3)9-8-22(4)27-12-13-28-26-11-10-24-20-25(36-35-19-16-30(33)34)14-17-31(24,5)29(26)15-18-32(27,28)6/h10,21-23,25-29H,7-9,11-20H2,1-6H3,(H,33,34)/t22?,23?,25-,26-,27+,28-,29-,31-,32+/m0/s1. The van der Waals surface area contributed by atoms with Crippen LogP contribution in [0.5, 0.6) is 0 Å². The van der Waals surface area contributed by atoms with E-state index in [1.165, 1.54) is 70.6 Å². The number of hydrogen-bond donors (Lipinski definition) is 1. The maximum Gasteiger partial charge on any atom is 0.304 e. The predicted molar refractivity (Wildman–Crippen MR) is 158 cm³/mol. The van der Waals surface area contributed by atoms with Crippen LogP contribution in [0.3, 0.4) is 0 Å². The Morgan fingerprint density at radius 3 is 2.56 bits per heavy atom. The molecule has 9 atom stereocenters. The van der Waals surface area contributed by atoms with Crippen molar-refractivity contribution in [1.82, 2.24) is 0 Å². The molecule has 2 nitrogen and oxygen atoms in total. The highest BCUT2D eigenvalue weighted by Gasteiger charge is 2.59. The van der Waals surface area contributed by atoms with E-state index in [4.69, 9.17) is 5.11 Å². The molecule has 4 rings (SSSR count). The predicted octanol–water partition coefficient (Wildman–Crippen LogP) is 9.89. The van der Waals surface area contributed by atoms with Gasteiger partial charge in [0.15, 0.2) is 0 Å². The fourth-order valence-corrected chi connectivity index (χ4v) is 12.3. The number of hydrogen-bond acceptors (Lipinski definition) is 3. The summed E-state index contributed by atoms with van der Waals surface area (Å²) < 4.78 is 0. The fraction of sp³-hybridized carbons (Fsp3) is 0.906. The van der Waals surface area contributed by atoms with Gasteiger partial charge >= 0.3 is 5.97 Å². The van der Waals surface area contributed by atoms with Crippen molar-refractivity contribution >= 4 is 27.6 Å². The van der Waals surface area contributed by atoms with Crippen LogP contribution in [0, 0.1) is 52.3 Å². The number of carboxylic acids is 1. The van der Waals surface area contributed by atoms with Crippen LogP contribution in [0.15, 0.2) is 11.6 Å². The molecule has 4 aliphatic carbocycles. The molecule has 0 aromatic heterocycles. The van der Waals surface area contributed by atoms with Crippen LogP contribution in [-0.4, -0.2) is 22.1 Å². The van der Waals surface area contributed by atoms with Gasteiger partial charge < -0.3 is 5.11 Å². The average molecular weight is 535 g/mol.